The average Bonchev–Trinajstić information content (AvgIpc) is 3.43. The monoisotopic (exact) mass is 542 g/mol. The maximum atomic E-state index is 14.1. The molecule has 0 atom stereocenters. The molecule has 6 aromatic rings. The molecule has 0 unspecified atom stereocenters. The minimum Gasteiger partial charge on any atom is -0.354 e. The van der Waals surface area contributed by atoms with Crippen LogP contribution in [0.25, 0.3) is 44.1 Å². The topological polar surface area (TPSA) is 53.2 Å². The first-order chi connectivity index (χ1) is 18.1. The van der Waals surface area contributed by atoms with E-state index in [1.165, 1.54) is 4.90 Å². The van der Waals surface area contributed by atoms with Gasteiger partial charge in [-0.25, -0.2) is 4.90 Å². The molecule has 0 radical (unpaired) electrons. The van der Waals surface area contributed by atoms with Crippen LogP contribution in [0.5, 0.6) is 0 Å². The van der Waals surface area contributed by atoms with Crippen LogP contribution < -0.4 is 4.90 Å². The second kappa shape index (κ2) is 8.29. The summed E-state index contributed by atoms with van der Waals surface area (Å²) in [5.41, 5.74) is 6.75. The van der Waals surface area contributed by atoms with Gasteiger partial charge in [-0.15, -0.1) is 0 Å². The first kappa shape index (κ1) is 21.8. The number of nitrogens with zero attached hydrogens (tertiary/aromatic N) is 1. The molecule has 0 saturated heterocycles. The Morgan fingerprint density at radius 2 is 1.30 bits per heavy atom. The maximum absolute atomic E-state index is 14.1. The van der Waals surface area contributed by atoms with Gasteiger partial charge in [-0.3, -0.25) is 9.59 Å². The van der Waals surface area contributed by atoms with Crippen molar-refractivity contribution in [3.8, 4) is 22.3 Å². The van der Waals surface area contributed by atoms with Crippen LogP contribution in [0.15, 0.2) is 114 Å². The average molecular weight is 543 g/mol. The van der Waals surface area contributed by atoms with Gasteiger partial charge in [0.2, 0.25) is 0 Å². The molecule has 5 aromatic carbocycles. The third kappa shape index (κ3) is 3.28. The van der Waals surface area contributed by atoms with Crippen molar-refractivity contribution in [3.05, 3.63) is 125 Å². The highest BCUT2D eigenvalue weighted by Gasteiger charge is 2.39. The summed E-state index contributed by atoms with van der Waals surface area (Å²) in [5, 5.41) is 2.16. The van der Waals surface area contributed by atoms with Gasteiger partial charge in [0.05, 0.1) is 22.3 Å². The number of anilines is 1. The maximum Gasteiger partial charge on any atom is 0.266 e. The van der Waals surface area contributed by atoms with E-state index in [4.69, 9.17) is 0 Å². The van der Waals surface area contributed by atoms with E-state index in [0.29, 0.717) is 16.8 Å². The van der Waals surface area contributed by atoms with Crippen molar-refractivity contribution in [3.63, 3.8) is 0 Å². The summed E-state index contributed by atoms with van der Waals surface area (Å²) in [7, 11) is 0. The largest absolute Gasteiger partial charge is 0.354 e. The molecule has 1 aliphatic heterocycles. The number of benzene rings is 5. The molecule has 0 fully saturated rings. The van der Waals surface area contributed by atoms with E-state index in [2.05, 4.69) is 33.0 Å². The van der Waals surface area contributed by atoms with Crippen molar-refractivity contribution in [2.45, 2.75) is 0 Å². The van der Waals surface area contributed by atoms with Crippen LogP contribution in [-0.4, -0.2) is 16.8 Å². The number of fused-ring (bicyclic) bond motifs is 4. The minimum atomic E-state index is -0.316. The van der Waals surface area contributed by atoms with Crippen molar-refractivity contribution in [2.75, 3.05) is 4.90 Å². The number of amides is 2. The Balaban J connectivity index is 1.44. The molecule has 1 N–H and O–H groups in total. The van der Waals surface area contributed by atoms with Crippen molar-refractivity contribution >= 4 is 55.2 Å². The van der Waals surface area contributed by atoms with Crippen LogP contribution in [0.3, 0.4) is 0 Å². The van der Waals surface area contributed by atoms with Gasteiger partial charge < -0.3 is 4.98 Å². The second-order valence-corrected chi connectivity index (χ2v) is 10.0. The summed E-state index contributed by atoms with van der Waals surface area (Å²) in [6.07, 6.45) is 0. The lowest BCUT2D eigenvalue weighted by Crippen LogP contribution is -2.30. The molecular formula is C32H19BrN2O2. The van der Waals surface area contributed by atoms with Crippen molar-refractivity contribution in [1.82, 2.24) is 4.98 Å². The molecule has 0 aliphatic carbocycles. The lowest BCUT2D eigenvalue weighted by Gasteiger charge is -2.18. The Morgan fingerprint density at radius 1 is 0.595 bits per heavy atom. The number of aromatic amines is 1. The molecule has 1 aromatic heterocycles. The number of para-hydroxylation sites is 2. The number of nitrogens with one attached hydrogen (secondary N) is 1. The number of H-pyrrole nitrogens is 1. The third-order valence-electron chi connectivity index (χ3n) is 7.01. The summed E-state index contributed by atoms with van der Waals surface area (Å²) in [4.78, 5) is 32.6. The molecule has 176 valence electrons. The summed E-state index contributed by atoms with van der Waals surface area (Å²) >= 11 is 3.67. The van der Waals surface area contributed by atoms with Crippen LogP contribution in [0.2, 0.25) is 0 Å². The molecule has 0 spiro atoms. The van der Waals surface area contributed by atoms with Gasteiger partial charge in [0, 0.05) is 31.9 Å². The Morgan fingerprint density at radius 3 is 2.16 bits per heavy atom. The smallest absolute Gasteiger partial charge is 0.266 e. The Hall–Kier alpha value is -4.48. The fraction of sp³-hybridized carbons (Fsp3) is 0. The molecule has 7 rings (SSSR count). The Bertz CT molecular complexity index is 1890. The normalized spacial score (nSPS) is 13.1. The highest BCUT2D eigenvalue weighted by atomic mass is 79.9. The van der Waals surface area contributed by atoms with Crippen molar-refractivity contribution in [1.29, 1.82) is 0 Å². The van der Waals surface area contributed by atoms with Gasteiger partial charge in [0.15, 0.2) is 0 Å². The van der Waals surface area contributed by atoms with E-state index in [9.17, 15) is 9.59 Å². The van der Waals surface area contributed by atoms with E-state index in [1.54, 1.807) is 6.07 Å². The highest BCUT2D eigenvalue weighted by Crippen LogP contribution is 2.42. The molecule has 0 bridgehead atoms. The fourth-order valence-electron chi connectivity index (χ4n) is 5.39. The first-order valence-corrected chi connectivity index (χ1v) is 12.8. The molecule has 2 heterocycles. The van der Waals surface area contributed by atoms with Crippen LogP contribution >= 0.6 is 15.9 Å². The number of halogens is 1. The quantitative estimate of drug-likeness (QED) is 0.229. The zero-order valence-electron chi connectivity index (χ0n) is 19.5. The molecule has 4 nitrogen and oxygen atoms in total. The zero-order chi connectivity index (χ0) is 25.1. The zero-order valence-corrected chi connectivity index (χ0v) is 21.1. The van der Waals surface area contributed by atoms with Crippen molar-refractivity contribution in [2.24, 2.45) is 0 Å². The second-order valence-electron chi connectivity index (χ2n) is 9.10. The predicted molar refractivity (Wildman–Crippen MR) is 152 cm³/mol. The van der Waals surface area contributed by atoms with Crippen molar-refractivity contribution < 1.29 is 9.59 Å². The lowest BCUT2D eigenvalue weighted by molar-refractivity contribution is 0.0926. The summed E-state index contributed by atoms with van der Waals surface area (Å²) < 4.78 is 0.903. The van der Waals surface area contributed by atoms with Crippen LogP contribution in [0.4, 0.5) is 5.69 Å². The van der Waals surface area contributed by atoms with Gasteiger partial charge in [0.25, 0.3) is 11.8 Å². The lowest BCUT2D eigenvalue weighted by atomic mass is 9.95. The summed E-state index contributed by atoms with van der Waals surface area (Å²) in [6, 6.07) is 35.1. The number of imide groups is 1. The minimum absolute atomic E-state index is 0.312. The molecule has 1 aliphatic rings. The molecule has 5 heteroatoms. The number of carbonyl (C=O) groups excluding carboxylic acids is 2. The predicted octanol–water partition coefficient (Wildman–Crippen LogP) is 8.22. The molecule has 0 saturated carbocycles. The van der Waals surface area contributed by atoms with Gasteiger partial charge in [-0.1, -0.05) is 94.8 Å². The van der Waals surface area contributed by atoms with E-state index in [1.807, 2.05) is 91.0 Å². The molecule has 37 heavy (non-hydrogen) atoms. The van der Waals surface area contributed by atoms with Crippen LogP contribution in [-0.2, 0) is 0 Å². The van der Waals surface area contributed by atoms with Gasteiger partial charge in [0.1, 0.15) is 0 Å². The van der Waals surface area contributed by atoms with E-state index < -0.39 is 0 Å². The summed E-state index contributed by atoms with van der Waals surface area (Å²) in [6.45, 7) is 0. The Labute approximate surface area is 221 Å². The number of hydrogen-bond donors (Lipinski definition) is 1. The van der Waals surface area contributed by atoms with Crippen LogP contribution in [0.1, 0.15) is 20.7 Å². The van der Waals surface area contributed by atoms with Gasteiger partial charge >= 0.3 is 0 Å². The van der Waals surface area contributed by atoms with Gasteiger partial charge in [-0.05, 0) is 41.5 Å². The SMILES string of the molecule is O=C1c2cccc(-c3cc(Br)cc4c3[nH]c3ccccc34)c2C(=O)N1c1ccccc1-c1ccccc1. The van der Waals surface area contributed by atoms with Gasteiger partial charge in [-0.2, -0.15) is 0 Å². The number of aromatic nitrogens is 1. The van der Waals surface area contributed by atoms with E-state index in [-0.39, 0.29) is 11.8 Å². The standard InChI is InChI=1S/C32H19BrN2O2/c33-20-17-25-22-12-4-6-15-27(22)34-30(25)26(18-20)23-13-8-14-24-29(23)32(37)35(31(24)36)28-16-7-5-11-21(28)19-9-2-1-3-10-19/h1-18,34H. The number of hydrogen-bond acceptors (Lipinski definition) is 2. The number of rotatable bonds is 3. The molecule has 2 amide bonds. The van der Waals surface area contributed by atoms with E-state index in [0.717, 1.165) is 48.5 Å². The number of carbonyl (C=O) groups is 2. The highest BCUT2D eigenvalue weighted by molar-refractivity contribution is 9.10. The van der Waals surface area contributed by atoms with E-state index >= 15 is 0 Å². The third-order valence-corrected chi connectivity index (χ3v) is 7.47. The fourth-order valence-corrected chi connectivity index (χ4v) is 5.84. The Kier molecular flexibility index (Phi) is 4.88. The molecular weight excluding hydrogens is 524 g/mol. The first-order valence-electron chi connectivity index (χ1n) is 12.0. The summed E-state index contributed by atoms with van der Waals surface area (Å²) in [5.74, 6) is -0.628. The van der Waals surface area contributed by atoms with Crippen LogP contribution in [0, 0.1) is 0 Å².